The van der Waals surface area contributed by atoms with Gasteiger partial charge in [-0.2, -0.15) is 0 Å². The van der Waals surface area contributed by atoms with Crippen molar-refractivity contribution in [3.05, 3.63) is 121 Å². The number of rotatable bonds is 1. The molecular weight excluding hydrogens is 537 g/mol. The molecule has 0 radical (unpaired) electrons. The summed E-state index contributed by atoms with van der Waals surface area (Å²) < 4.78 is 11.6. The molecule has 0 saturated carbocycles. The fourth-order valence-corrected chi connectivity index (χ4v) is 7.88. The first-order valence-corrected chi connectivity index (χ1v) is 15.4. The molecule has 4 nitrogen and oxygen atoms in total. The van der Waals surface area contributed by atoms with Gasteiger partial charge < -0.3 is 4.42 Å². The van der Waals surface area contributed by atoms with Crippen molar-refractivity contribution in [3.63, 3.8) is 0 Å². The minimum absolute atomic E-state index is 0.0304. The Hall–Kier alpha value is -5.29. The van der Waals surface area contributed by atoms with Gasteiger partial charge in [-0.25, -0.2) is 9.55 Å². The van der Waals surface area contributed by atoms with Crippen LogP contribution in [0.25, 0.3) is 66.2 Å². The van der Waals surface area contributed by atoms with E-state index in [2.05, 4.69) is 145 Å². The summed E-state index contributed by atoms with van der Waals surface area (Å²) in [6.45, 7) is 6.89. The van der Waals surface area contributed by atoms with Gasteiger partial charge in [0, 0.05) is 21.6 Å². The van der Waals surface area contributed by atoms with Crippen molar-refractivity contribution in [3.8, 4) is 5.88 Å². The molecule has 5 heteroatoms. The Morgan fingerprint density at radius 1 is 0.705 bits per heavy atom. The van der Waals surface area contributed by atoms with Gasteiger partial charge in [0.15, 0.2) is 0 Å². The van der Waals surface area contributed by atoms with E-state index in [1.165, 1.54) is 49.0 Å². The second-order valence-corrected chi connectivity index (χ2v) is 13.2. The van der Waals surface area contributed by atoms with Gasteiger partial charge in [-0.1, -0.05) is 123 Å². The van der Waals surface area contributed by atoms with Crippen LogP contribution in [0.5, 0.6) is 0 Å². The highest BCUT2D eigenvalue weighted by Crippen LogP contribution is 2.40. The average Bonchev–Trinajstić information content (AvgIpc) is 3.62. The van der Waals surface area contributed by atoms with Gasteiger partial charge in [0.25, 0.3) is 6.71 Å². The third-order valence-electron chi connectivity index (χ3n) is 9.69. The summed E-state index contributed by atoms with van der Waals surface area (Å²) in [6.07, 6.45) is 0. The van der Waals surface area contributed by atoms with Crippen LogP contribution in [0.3, 0.4) is 0 Å². The highest BCUT2D eigenvalue weighted by Gasteiger charge is 2.38. The van der Waals surface area contributed by atoms with Crippen molar-refractivity contribution in [2.45, 2.75) is 26.2 Å². The molecule has 10 rings (SSSR count). The summed E-state index contributed by atoms with van der Waals surface area (Å²) >= 11 is 0. The molecule has 0 saturated heterocycles. The van der Waals surface area contributed by atoms with E-state index in [-0.39, 0.29) is 12.1 Å². The number of hydrogen-bond donors (Lipinski definition) is 0. The molecule has 0 bridgehead atoms. The van der Waals surface area contributed by atoms with Crippen molar-refractivity contribution in [2.24, 2.45) is 0 Å². The predicted molar refractivity (Wildman–Crippen MR) is 184 cm³/mol. The van der Waals surface area contributed by atoms with E-state index in [9.17, 15) is 0 Å². The van der Waals surface area contributed by atoms with Crippen molar-refractivity contribution >= 4 is 83.5 Å². The van der Waals surface area contributed by atoms with Crippen LogP contribution in [0.4, 0.5) is 0 Å². The lowest BCUT2D eigenvalue weighted by Crippen LogP contribution is -2.55. The third-order valence-corrected chi connectivity index (χ3v) is 9.69. The molecule has 0 amide bonds. The van der Waals surface area contributed by atoms with E-state index in [0.29, 0.717) is 0 Å². The van der Waals surface area contributed by atoms with Crippen LogP contribution in [0.2, 0.25) is 0 Å². The lowest BCUT2D eigenvalue weighted by molar-refractivity contribution is 0.589. The van der Waals surface area contributed by atoms with Crippen molar-refractivity contribution in [1.82, 2.24) is 14.0 Å². The summed E-state index contributed by atoms with van der Waals surface area (Å²) in [5.74, 6) is 1.72. The fourth-order valence-electron chi connectivity index (χ4n) is 7.88. The van der Waals surface area contributed by atoms with E-state index < -0.39 is 0 Å². The smallest absolute Gasteiger partial charge is 0.251 e. The number of hydrogen-bond acceptors (Lipinski definition) is 2. The van der Waals surface area contributed by atoms with E-state index in [1.54, 1.807) is 0 Å². The van der Waals surface area contributed by atoms with Crippen LogP contribution < -0.4 is 16.4 Å². The maximum absolute atomic E-state index is 6.87. The van der Waals surface area contributed by atoms with E-state index in [4.69, 9.17) is 9.40 Å². The number of nitrogens with zero attached hydrogens (tertiary/aromatic N) is 3. The summed E-state index contributed by atoms with van der Waals surface area (Å²) in [4.78, 5) is 5.49. The molecule has 0 fully saturated rings. The van der Waals surface area contributed by atoms with Gasteiger partial charge in [0.1, 0.15) is 5.58 Å². The highest BCUT2D eigenvalue weighted by molar-refractivity contribution is 6.99. The van der Waals surface area contributed by atoms with Crippen molar-refractivity contribution in [2.75, 3.05) is 0 Å². The molecule has 44 heavy (non-hydrogen) atoms. The van der Waals surface area contributed by atoms with Crippen molar-refractivity contribution < 1.29 is 4.42 Å². The Kier molecular flexibility index (Phi) is 4.51. The van der Waals surface area contributed by atoms with Crippen molar-refractivity contribution in [1.29, 1.82) is 0 Å². The molecule has 1 aliphatic rings. The molecule has 0 aliphatic carbocycles. The zero-order valence-corrected chi connectivity index (χ0v) is 24.8. The minimum atomic E-state index is -0.0337. The van der Waals surface area contributed by atoms with Crippen LogP contribution in [0.1, 0.15) is 26.3 Å². The van der Waals surface area contributed by atoms with Gasteiger partial charge in [-0.05, 0) is 45.4 Å². The van der Waals surface area contributed by atoms with Gasteiger partial charge >= 0.3 is 0 Å². The van der Waals surface area contributed by atoms with Crippen LogP contribution in [0.15, 0.2) is 120 Å². The maximum Gasteiger partial charge on any atom is 0.251 e. The number of aromatic nitrogens is 3. The van der Waals surface area contributed by atoms with Gasteiger partial charge in [-0.3, -0.25) is 4.40 Å². The topological polar surface area (TPSA) is 35.4 Å². The Labute approximate surface area is 254 Å². The minimum Gasteiger partial charge on any atom is -0.440 e. The lowest BCUT2D eigenvalue weighted by Gasteiger charge is -2.27. The number of fused-ring (bicyclic) bond motifs is 11. The molecule has 1 aliphatic heterocycles. The molecule has 9 aromatic rings. The zero-order valence-electron chi connectivity index (χ0n) is 24.8. The second kappa shape index (κ2) is 8.21. The van der Waals surface area contributed by atoms with E-state index in [1.807, 2.05) is 0 Å². The zero-order chi connectivity index (χ0) is 29.3. The molecule has 0 N–H and O–H groups in total. The van der Waals surface area contributed by atoms with Gasteiger partial charge in [0.2, 0.25) is 11.7 Å². The van der Waals surface area contributed by atoms with E-state index >= 15 is 0 Å². The number of benzene rings is 6. The Morgan fingerprint density at radius 3 is 2.27 bits per heavy atom. The fraction of sp³-hybridized carbons (Fsp3) is 0.103. The molecule has 0 unspecified atom stereocenters. The number of para-hydroxylation sites is 1. The van der Waals surface area contributed by atoms with Crippen LogP contribution in [-0.4, -0.2) is 20.7 Å². The van der Waals surface area contributed by atoms with Crippen LogP contribution in [0, 0.1) is 0 Å². The Bertz CT molecular complexity index is 2650. The summed E-state index contributed by atoms with van der Waals surface area (Å²) in [6, 6.07) is 41.7. The van der Waals surface area contributed by atoms with E-state index in [0.717, 1.165) is 39.2 Å². The summed E-state index contributed by atoms with van der Waals surface area (Å²) in [7, 11) is 0. The molecule has 6 aromatic carbocycles. The Morgan fingerprint density at radius 2 is 1.45 bits per heavy atom. The molecular formula is C39H28BN3O. The van der Waals surface area contributed by atoms with Gasteiger partial charge in [-0.15, -0.1) is 0 Å². The lowest BCUT2D eigenvalue weighted by atomic mass is 9.35. The summed E-state index contributed by atoms with van der Waals surface area (Å²) in [5, 5.41) is 6.07. The first kappa shape index (κ1) is 24.2. The summed E-state index contributed by atoms with van der Waals surface area (Å²) in [5.41, 5.74) is 10.3. The molecule has 0 atom stereocenters. The monoisotopic (exact) mass is 565 g/mol. The Balaban J connectivity index is 1.50. The SMILES string of the molecule is CC(C)(C)c1cc2nc3n4c5c(ccc6cccc(c65)n3c2c2ccccc12)B(c1ccccc1)c1c-4oc2ccccc12. The number of imidazole rings is 1. The standard InChI is InChI=1S/C39H28BN3O/c1-39(2,3)28-22-30-35(26-16-8-7-15-25(26)28)42-31-18-11-12-23-20-21-29-36(33(23)31)43(38(42)41-30)37-34(27-17-9-10-19-32(27)44-37)40(29)24-13-5-4-6-14-24/h4-22H,1-3H3. The average molecular weight is 565 g/mol. The highest BCUT2D eigenvalue weighted by atomic mass is 16.4. The molecule has 0 spiro atoms. The molecule has 3 aromatic heterocycles. The van der Waals surface area contributed by atoms with Gasteiger partial charge in [0.05, 0.1) is 22.1 Å². The number of furan rings is 1. The largest absolute Gasteiger partial charge is 0.440 e. The second-order valence-electron chi connectivity index (χ2n) is 13.2. The predicted octanol–water partition coefficient (Wildman–Crippen LogP) is 7.61. The third kappa shape index (κ3) is 2.96. The maximum atomic E-state index is 6.87. The quantitative estimate of drug-likeness (QED) is 0.192. The molecule has 4 heterocycles. The van der Waals surface area contributed by atoms with Crippen LogP contribution >= 0.6 is 0 Å². The molecule has 208 valence electrons. The first-order chi connectivity index (χ1) is 21.5. The first-order valence-electron chi connectivity index (χ1n) is 15.4. The van der Waals surface area contributed by atoms with Crippen LogP contribution in [-0.2, 0) is 5.41 Å². The normalized spacial score (nSPS) is 13.3.